The number of furan rings is 1. The van der Waals surface area contributed by atoms with Gasteiger partial charge in [-0.3, -0.25) is 9.78 Å². The number of pyridine rings is 1. The van der Waals surface area contributed by atoms with Gasteiger partial charge in [0, 0.05) is 29.4 Å². The fourth-order valence-corrected chi connectivity index (χ4v) is 5.25. The van der Waals surface area contributed by atoms with Gasteiger partial charge in [-0.1, -0.05) is 29.3 Å². The molecular weight excluding hydrogens is 531 g/mol. The second kappa shape index (κ2) is 10.4. The molecule has 1 aliphatic rings. The Balaban J connectivity index is 1.61. The molecule has 10 heteroatoms. The molecule has 1 fully saturated rings. The molecule has 3 heterocycles. The molecule has 0 aliphatic carbocycles. The number of hydrogen-bond donors (Lipinski definition) is 2. The first-order valence-electron chi connectivity index (χ1n) is 11.4. The van der Waals surface area contributed by atoms with Crippen LogP contribution in [0.1, 0.15) is 30.5 Å². The summed E-state index contributed by atoms with van der Waals surface area (Å²) in [4.78, 5) is 18.3. The summed E-state index contributed by atoms with van der Waals surface area (Å²) >= 11 is 18.3. The highest BCUT2D eigenvalue weighted by Gasteiger charge is 2.42. The van der Waals surface area contributed by atoms with Gasteiger partial charge in [-0.15, -0.1) is 0 Å². The SMILES string of the molecule is COc1ccc(N2C(=S)N[C@H](c3ccccn3)[C@@H]2c2ccc(-c3ccc(Cl)cc3Cl)o2)cc1NC(C)=O. The third-order valence-corrected chi connectivity index (χ3v) is 6.85. The number of carbonyl (C=O) groups is 1. The van der Waals surface area contributed by atoms with Crippen molar-refractivity contribution in [3.63, 3.8) is 0 Å². The Labute approximate surface area is 229 Å². The number of halogens is 2. The van der Waals surface area contributed by atoms with Crippen molar-refractivity contribution in [1.82, 2.24) is 10.3 Å². The van der Waals surface area contributed by atoms with Crippen LogP contribution in [0, 0.1) is 0 Å². The Morgan fingerprint density at radius 1 is 1.14 bits per heavy atom. The van der Waals surface area contributed by atoms with Gasteiger partial charge >= 0.3 is 0 Å². The molecule has 0 unspecified atom stereocenters. The molecule has 5 rings (SSSR count). The molecule has 2 aromatic carbocycles. The molecule has 7 nitrogen and oxygen atoms in total. The fourth-order valence-electron chi connectivity index (χ4n) is 4.40. The first-order chi connectivity index (χ1) is 17.9. The Hall–Kier alpha value is -3.59. The number of thiocarbonyl (C=S) groups is 1. The van der Waals surface area contributed by atoms with Crippen LogP contribution in [0.2, 0.25) is 10.0 Å². The summed E-state index contributed by atoms with van der Waals surface area (Å²) < 4.78 is 11.8. The van der Waals surface area contributed by atoms with E-state index in [1.54, 1.807) is 31.5 Å². The van der Waals surface area contributed by atoms with E-state index in [0.29, 0.717) is 38.1 Å². The summed E-state index contributed by atoms with van der Waals surface area (Å²) in [5.41, 5.74) is 2.80. The van der Waals surface area contributed by atoms with Gasteiger partial charge in [0.2, 0.25) is 5.91 Å². The number of anilines is 2. The first-order valence-corrected chi connectivity index (χ1v) is 12.5. The lowest BCUT2D eigenvalue weighted by Gasteiger charge is -2.27. The molecule has 1 aliphatic heterocycles. The molecule has 2 atom stereocenters. The molecule has 2 aromatic heterocycles. The van der Waals surface area contributed by atoms with Crippen LogP contribution in [0.5, 0.6) is 5.75 Å². The molecule has 1 saturated heterocycles. The largest absolute Gasteiger partial charge is 0.495 e. The summed E-state index contributed by atoms with van der Waals surface area (Å²) in [6.45, 7) is 1.44. The average Bonchev–Trinajstić information content (AvgIpc) is 3.48. The maximum atomic E-state index is 11.8. The van der Waals surface area contributed by atoms with E-state index in [1.807, 2.05) is 53.4 Å². The van der Waals surface area contributed by atoms with Gasteiger partial charge in [0.15, 0.2) is 5.11 Å². The number of carbonyl (C=O) groups excluding carboxylic acids is 1. The highest BCUT2D eigenvalue weighted by atomic mass is 35.5. The lowest BCUT2D eigenvalue weighted by Crippen LogP contribution is -2.29. The smallest absolute Gasteiger partial charge is 0.221 e. The predicted octanol–water partition coefficient (Wildman–Crippen LogP) is 6.79. The predicted molar refractivity (Wildman–Crippen MR) is 149 cm³/mol. The van der Waals surface area contributed by atoms with Crippen molar-refractivity contribution in [2.45, 2.75) is 19.0 Å². The number of nitrogens with zero attached hydrogens (tertiary/aromatic N) is 2. The van der Waals surface area contributed by atoms with Crippen LogP contribution < -0.4 is 20.3 Å². The molecular formula is C27H22Cl2N4O3S. The van der Waals surface area contributed by atoms with Gasteiger partial charge in [-0.25, -0.2) is 0 Å². The van der Waals surface area contributed by atoms with Crippen molar-refractivity contribution in [1.29, 1.82) is 0 Å². The van der Waals surface area contributed by atoms with Crippen molar-refractivity contribution in [2.24, 2.45) is 0 Å². The highest BCUT2D eigenvalue weighted by molar-refractivity contribution is 7.80. The number of benzene rings is 2. The molecule has 188 valence electrons. The monoisotopic (exact) mass is 552 g/mol. The van der Waals surface area contributed by atoms with Crippen LogP contribution in [0.3, 0.4) is 0 Å². The number of amides is 1. The summed E-state index contributed by atoms with van der Waals surface area (Å²) in [5.74, 6) is 1.58. The van der Waals surface area contributed by atoms with Gasteiger partial charge in [-0.05, 0) is 72.9 Å². The van der Waals surface area contributed by atoms with E-state index in [1.165, 1.54) is 6.92 Å². The van der Waals surface area contributed by atoms with Gasteiger partial charge in [0.1, 0.15) is 23.3 Å². The van der Waals surface area contributed by atoms with Crippen LogP contribution >= 0.6 is 35.4 Å². The van der Waals surface area contributed by atoms with Crippen LogP contribution in [-0.4, -0.2) is 23.1 Å². The van der Waals surface area contributed by atoms with Crippen molar-refractivity contribution in [2.75, 3.05) is 17.3 Å². The number of methoxy groups -OCH3 is 1. The van der Waals surface area contributed by atoms with Gasteiger partial charge < -0.3 is 24.7 Å². The topological polar surface area (TPSA) is 79.6 Å². The van der Waals surface area contributed by atoms with E-state index in [-0.39, 0.29) is 18.0 Å². The van der Waals surface area contributed by atoms with E-state index in [0.717, 1.165) is 16.9 Å². The standard InChI is InChI=1S/C27H22Cl2N4O3S/c1-15(34)31-21-14-17(7-9-23(21)35-2)33-26(25(32-27(33)37)20-5-3-4-12-30-20)24-11-10-22(36-24)18-8-6-16(28)13-19(18)29/h3-14,25-26H,1-2H3,(H,31,34)(H,32,37)/t25-,26+/m1/s1. The van der Waals surface area contributed by atoms with Crippen LogP contribution in [0.15, 0.2) is 77.3 Å². The zero-order chi connectivity index (χ0) is 26.1. The lowest BCUT2D eigenvalue weighted by molar-refractivity contribution is -0.114. The van der Waals surface area contributed by atoms with Crippen LogP contribution in [-0.2, 0) is 4.79 Å². The van der Waals surface area contributed by atoms with Crippen LogP contribution in [0.4, 0.5) is 11.4 Å². The van der Waals surface area contributed by atoms with Crippen molar-refractivity contribution >= 4 is 57.8 Å². The minimum absolute atomic E-state index is 0.212. The third-order valence-electron chi connectivity index (χ3n) is 5.98. The van der Waals surface area contributed by atoms with Gasteiger partial charge in [0.25, 0.3) is 0 Å². The molecule has 2 N–H and O–H groups in total. The van der Waals surface area contributed by atoms with E-state index in [4.69, 9.17) is 44.6 Å². The number of ether oxygens (including phenoxy) is 1. The third kappa shape index (κ3) is 5.00. The molecule has 0 saturated carbocycles. The van der Waals surface area contributed by atoms with E-state index in [2.05, 4.69) is 15.6 Å². The molecule has 0 bridgehead atoms. The quantitative estimate of drug-likeness (QED) is 0.255. The van der Waals surface area contributed by atoms with Crippen molar-refractivity contribution in [3.8, 4) is 17.1 Å². The Morgan fingerprint density at radius 3 is 2.68 bits per heavy atom. The Kier molecular flexibility index (Phi) is 7.06. The maximum absolute atomic E-state index is 11.8. The molecule has 0 radical (unpaired) electrons. The Bertz CT molecular complexity index is 1480. The van der Waals surface area contributed by atoms with E-state index in [9.17, 15) is 4.79 Å². The van der Waals surface area contributed by atoms with Crippen molar-refractivity contribution in [3.05, 3.63) is 94.4 Å². The number of rotatable bonds is 6. The van der Waals surface area contributed by atoms with E-state index >= 15 is 0 Å². The average molecular weight is 553 g/mol. The summed E-state index contributed by atoms with van der Waals surface area (Å²) in [6.07, 6.45) is 1.74. The second-order valence-electron chi connectivity index (χ2n) is 8.39. The Morgan fingerprint density at radius 2 is 1.97 bits per heavy atom. The number of nitrogens with one attached hydrogen (secondary N) is 2. The zero-order valence-corrected chi connectivity index (χ0v) is 22.2. The van der Waals surface area contributed by atoms with Crippen LogP contribution in [0.25, 0.3) is 11.3 Å². The lowest BCUT2D eigenvalue weighted by atomic mass is 10.0. The minimum atomic E-state index is -0.388. The summed E-state index contributed by atoms with van der Waals surface area (Å²) in [7, 11) is 1.55. The second-order valence-corrected chi connectivity index (χ2v) is 9.62. The van der Waals surface area contributed by atoms with E-state index < -0.39 is 0 Å². The molecule has 4 aromatic rings. The maximum Gasteiger partial charge on any atom is 0.221 e. The van der Waals surface area contributed by atoms with Crippen molar-refractivity contribution < 1.29 is 13.9 Å². The number of aromatic nitrogens is 1. The molecule has 37 heavy (non-hydrogen) atoms. The summed E-state index contributed by atoms with van der Waals surface area (Å²) in [5, 5.41) is 7.74. The minimum Gasteiger partial charge on any atom is -0.495 e. The first kappa shape index (κ1) is 25.1. The molecule has 1 amide bonds. The van der Waals surface area contributed by atoms with Gasteiger partial charge in [-0.2, -0.15) is 0 Å². The zero-order valence-electron chi connectivity index (χ0n) is 19.9. The van der Waals surface area contributed by atoms with Gasteiger partial charge in [0.05, 0.1) is 29.6 Å². The summed E-state index contributed by atoms with van der Waals surface area (Å²) in [6, 6.07) is 19.6. The normalized spacial score (nSPS) is 17.0. The number of hydrogen-bond acceptors (Lipinski definition) is 5. The highest BCUT2D eigenvalue weighted by Crippen LogP contribution is 2.44. The molecule has 0 spiro atoms. The fraction of sp³-hybridized carbons (Fsp3) is 0.148.